The van der Waals surface area contributed by atoms with Crippen LogP contribution in [0.25, 0.3) is 0 Å². The normalized spacial score (nSPS) is 14.4. The van der Waals surface area contributed by atoms with Gasteiger partial charge in [0.05, 0.1) is 12.7 Å². The molecule has 1 unspecified atom stereocenters. The van der Waals surface area contributed by atoms with Crippen molar-refractivity contribution in [1.29, 1.82) is 5.26 Å². The Balaban J connectivity index is 4.20. The van der Waals surface area contributed by atoms with E-state index in [1.165, 1.54) is 0 Å². The summed E-state index contributed by atoms with van der Waals surface area (Å²) in [6, 6.07) is 2.06. The van der Waals surface area contributed by atoms with E-state index >= 15 is 0 Å². The highest BCUT2D eigenvalue weighted by molar-refractivity contribution is 5.79. The smallest absolute Gasteiger partial charge is 0.326 e. The Labute approximate surface area is 92.4 Å². The van der Waals surface area contributed by atoms with E-state index in [1.54, 1.807) is 13.8 Å². The van der Waals surface area contributed by atoms with Crippen LogP contribution in [0.15, 0.2) is 0 Å². The van der Waals surface area contributed by atoms with Crippen molar-refractivity contribution in [2.75, 3.05) is 6.61 Å². The molecule has 3 heteroatoms. The minimum absolute atomic E-state index is 0.334. The Morgan fingerprint density at radius 2 is 2.13 bits per heavy atom. The van der Waals surface area contributed by atoms with Crippen LogP contribution in [0, 0.1) is 22.7 Å². The van der Waals surface area contributed by atoms with Crippen molar-refractivity contribution >= 4 is 5.97 Å². The highest BCUT2D eigenvalue weighted by atomic mass is 16.5. The molecule has 0 radical (unpaired) electrons. The molecule has 15 heavy (non-hydrogen) atoms. The third-order valence-electron chi connectivity index (χ3n) is 2.43. The van der Waals surface area contributed by atoms with Gasteiger partial charge in [-0.3, -0.25) is 4.79 Å². The number of rotatable bonds is 6. The highest BCUT2D eigenvalue weighted by Gasteiger charge is 2.34. The summed E-state index contributed by atoms with van der Waals surface area (Å²) in [7, 11) is 0. The molecule has 0 spiro atoms. The van der Waals surface area contributed by atoms with Crippen LogP contribution >= 0.6 is 0 Å². The molecule has 0 aromatic rings. The van der Waals surface area contributed by atoms with E-state index in [1.807, 2.05) is 0 Å². The van der Waals surface area contributed by atoms with Crippen molar-refractivity contribution in [3.63, 3.8) is 0 Å². The van der Waals surface area contributed by atoms with Crippen LogP contribution in [-0.4, -0.2) is 12.6 Å². The van der Waals surface area contributed by atoms with Gasteiger partial charge in [-0.25, -0.2) is 0 Å². The highest BCUT2D eigenvalue weighted by Crippen LogP contribution is 2.26. The second-order valence-electron chi connectivity index (χ2n) is 4.45. The monoisotopic (exact) mass is 211 g/mol. The number of hydrogen-bond acceptors (Lipinski definition) is 3. The van der Waals surface area contributed by atoms with Gasteiger partial charge in [0.2, 0.25) is 0 Å². The minimum Gasteiger partial charge on any atom is -0.465 e. The second kappa shape index (κ2) is 6.44. The summed E-state index contributed by atoms with van der Waals surface area (Å²) >= 11 is 0. The van der Waals surface area contributed by atoms with Crippen LogP contribution < -0.4 is 0 Å². The van der Waals surface area contributed by atoms with Crippen LogP contribution in [-0.2, 0) is 9.53 Å². The maximum absolute atomic E-state index is 11.5. The summed E-state index contributed by atoms with van der Waals surface area (Å²) in [5, 5.41) is 9.00. The van der Waals surface area contributed by atoms with Gasteiger partial charge in [-0.15, -0.1) is 0 Å². The molecular formula is C12H21NO2. The number of hydrogen-bond donors (Lipinski definition) is 0. The van der Waals surface area contributed by atoms with E-state index in [-0.39, 0.29) is 0 Å². The van der Waals surface area contributed by atoms with Crippen LogP contribution in [0.2, 0.25) is 0 Å². The van der Waals surface area contributed by atoms with Crippen molar-refractivity contribution in [1.82, 2.24) is 0 Å². The molecule has 0 aliphatic heterocycles. The molecule has 0 aromatic heterocycles. The number of nitriles is 1. The molecule has 0 amide bonds. The van der Waals surface area contributed by atoms with E-state index in [0.717, 1.165) is 12.8 Å². The third kappa shape index (κ3) is 4.83. The molecule has 0 saturated carbocycles. The number of nitrogens with zero attached hydrogens (tertiary/aromatic N) is 1. The van der Waals surface area contributed by atoms with Crippen LogP contribution in [0.3, 0.4) is 0 Å². The third-order valence-corrected chi connectivity index (χ3v) is 2.43. The maximum Gasteiger partial charge on any atom is 0.326 e. The van der Waals surface area contributed by atoms with E-state index in [9.17, 15) is 4.79 Å². The van der Waals surface area contributed by atoms with Gasteiger partial charge in [-0.2, -0.15) is 5.26 Å². The van der Waals surface area contributed by atoms with Crippen molar-refractivity contribution in [2.45, 2.75) is 47.0 Å². The first-order valence-electron chi connectivity index (χ1n) is 5.54. The predicted octanol–water partition coefficient (Wildman–Crippen LogP) is 2.91. The predicted molar refractivity (Wildman–Crippen MR) is 59.0 cm³/mol. The van der Waals surface area contributed by atoms with Gasteiger partial charge in [0.15, 0.2) is 5.41 Å². The average Bonchev–Trinajstić information content (AvgIpc) is 2.17. The molecule has 0 rings (SSSR count). The van der Waals surface area contributed by atoms with Gasteiger partial charge in [-0.1, -0.05) is 26.7 Å². The molecule has 3 nitrogen and oxygen atoms in total. The maximum atomic E-state index is 11.5. The molecule has 0 aromatic carbocycles. The van der Waals surface area contributed by atoms with Gasteiger partial charge in [-0.05, 0) is 26.2 Å². The lowest BCUT2D eigenvalue weighted by molar-refractivity contribution is -0.151. The van der Waals surface area contributed by atoms with Gasteiger partial charge in [0.1, 0.15) is 0 Å². The molecule has 86 valence electrons. The molecule has 0 heterocycles. The summed E-state index contributed by atoms with van der Waals surface area (Å²) in [6.45, 7) is 8.01. The zero-order valence-electron chi connectivity index (χ0n) is 10.2. The number of carbonyl (C=O) groups excluding carboxylic acids is 1. The molecular weight excluding hydrogens is 190 g/mol. The Hall–Kier alpha value is -1.04. The fourth-order valence-corrected chi connectivity index (χ4v) is 1.36. The Morgan fingerprint density at radius 1 is 1.53 bits per heavy atom. The molecule has 0 fully saturated rings. The Morgan fingerprint density at radius 3 is 2.53 bits per heavy atom. The number of esters is 1. The van der Waals surface area contributed by atoms with Crippen LogP contribution in [0.1, 0.15) is 47.0 Å². The van der Waals surface area contributed by atoms with Crippen molar-refractivity contribution in [2.24, 2.45) is 11.3 Å². The van der Waals surface area contributed by atoms with Gasteiger partial charge < -0.3 is 4.74 Å². The topological polar surface area (TPSA) is 50.1 Å². The fraction of sp³-hybridized carbons (Fsp3) is 0.833. The van der Waals surface area contributed by atoms with E-state index < -0.39 is 11.4 Å². The number of ether oxygens (including phenoxy) is 1. The fourth-order valence-electron chi connectivity index (χ4n) is 1.36. The van der Waals surface area contributed by atoms with Crippen molar-refractivity contribution in [3.05, 3.63) is 0 Å². The van der Waals surface area contributed by atoms with Crippen molar-refractivity contribution < 1.29 is 9.53 Å². The van der Waals surface area contributed by atoms with Gasteiger partial charge in [0.25, 0.3) is 0 Å². The summed E-state index contributed by atoms with van der Waals surface area (Å²) < 4.78 is 4.89. The molecule has 0 bridgehead atoms. The lowest BCUT2D eigenvalue weighted by atomic mass is 9.85. The second-order valence-corrected chi connectivity index (χ2v) is 4.45. The first kappa shape index (κ1) is 14.0. The zero-order chi connectivity index (χ0) is 11.9. The molecule has 0 aliphatic rings. The Kier molecular flexibility index (Phi) is 6.00. The molecule has 1 atom stereocenters. The standard InChI is InChI=1S/C12H21NO2/c1-5-15-11(14)12(4,9-13)8-6-7-10(2)3/h10H,5-8H2,1-4H3. The summed E-state index contributed by atoms with van der Waals surface area (Å²) in [6.07, 6.45) is 2.51. The lowest BCUT2D eigenvalue weighted by Gasteiger charge is -2.19. The van der Waals surface area contributed by atoms with Crippen molar-refractivity contribution in [3.8, 4) is 6.07 Å². The average molecular weight is 211 g/mol. The number of carbonyl (C=O) groups is 1. The van der Waals surface area contributed by atoms with Gasteiger partial charge in [0, 0.05) is 0 Å². The first-order valence-corrected chi connectivity index (χ1v) is 5.54. The summed E-state index contributed by atoms with van der Waals surface area (Å²) in [5.74, 6) is 0.214. The minimum atomic E-state index is -0.967. The molecule has 0 N–H and O–H groups in total. The molecule has 0 saturated heterocycles. The van der Waals surface area contributed by atoms with Gasteiger partial charge >= 0.3 is 5.97 Å². The largest absolute Gasteiger partial charge is 0.465 e. The molecule has 0 aliphatic carbocycles. The van der Waals surface area contributed by atoms with Crippen LogP contribution in [0.4, 0.5) is 0 Å². The van der Waals surface area contributed by atoms with Crippen LogP contribution in [0.5, 0.6) is 0 Å². The quantitative estimate of drug-likeness (QED) is 0.635. The van der Waals surface area contributed by atoms with E-state index in [4.69, 9.17) is 10.00 Å². The Bertz CT molecular complexity index is 242. The lowest BCUT2D eigenvalue weighted by Crippen LogP contribution is -2.28. The zero-order valence-corrected chi connectivity index (χ0v) is 10.2. The SMILES string of the molecule is CCOC(=O)C(C)(C#N)CCCC(C)C. The van der Waals surface area contributed by atoms with E-state index in [2.05, 4.69) is 19.9 Å². The first-order chi connectivity index (χ1) is 6.96. The summed E-state index contributed by atoms with van der Waals surface area (Å²) in [4.78, 5) is 11.5. The van der Waals surface area contributed by atoms with E-state index in [0.29, 0.717) is 18.9 Å². The summed E-state index contributed by atoms with van der Waals surface area (Å²) in [5.41, 5.74) is -0.967.